The zero-order chi connectivity index (χ0) is 18.4. The predicted octanol–water partition coefficient (Wildman–Crippen LogP) is 0.202. The van der Waals surface area contributed by atoms with E-state index in [1.54, 1.807) is 0 Å². The van der Waals surface area contributed by atoms with Gasteiger partial charge in [-0.1, -0.05) is 30.3 Å². The van der Waals surface area contributed by atoms with E-state index in [1.807, 2.05) is 30.3 Å². The van der Waals surface area contributed by atoms with Crippen molar-refractivity contribution in [1.82, 2.24) is 15.3 Å². The van der Waals surface area contributed by atoms with E-state index >= 15 is 0 Å². The lowest BCUT2D eigenvalue weighted by Crippen LogP contribution is -2.47. The fourth-order valence-electron chi connectivity index (χ4n) is 1.95. The lowest BCUT2D eigenvalue weighted by atomic mass is 10.1. The molecule has 0 fully saturated rings. The highest BCUT2D eigenvalue weighted by molar-refractivity contribution is 5.99. The summed E-state index contributed by atoms with van der Waals surface area (Å²) in [5.41, 5.74) is 6.52. The van der Waals surface area contributed by atoms with Gasteiger partial charge in [-0.05, 0) is 12.5 Å². The molecule has 2 atom stereocenters. The van der Waals surface area contributed by atoms with Crippen molar-refractivity contribution in [3.8, 4) is 6.01 Å². The Bertz CT molecular complexity index is 751. The first-order valence-corrected chi connectivity index (χ1v) is 7.39. The van der Waals surface area contributed by atoms with Gasteiger partial charge in [-0.2, -0.15) is 4.98 Å². The number of anilines is 1. The van der Waals surface area contributed by atoms with E-state index in [0.717, 1.165) is 11.8 Å². The van der Waals surface area contributed by atoms with Gasteiger partial charge in [0.2, 0.25) is 0 Å². The van der Waals surface area contributed by atoms with Gasteiger partial charge in [0.15, 0.2) is 6.04 Å². The van der Waals surface area contributed by atoms with Gasteiger partial charge in [-0.25, -0.2) is 9.78 Å². The first-order chi connectivity index (χ1) is 11.9. The highest BCUT2D eigenvalue weighted by Crippen LogP contribution is 2.13. The molecule has 1 heterocycles. The number of aliphatic hydroxyl groups excluding tert-OH is 1. The number of nitrogens with one attached hydrogen (secondary N) is 1. The maximum atomic E-state index is 12.1. The predicted molar refractivity (Wildman–Crippen MR) is 87.8 cm³/mol. The van der Waals surface area contributed by atoms with E-state index in [4.69, 9.17) is 15.6 Å². The Morgan fingerprint density at radius 3 is 2.56 bits per heavy atom. The molecule has 132 valence electrons. The van der Waals surface area contributed by atoms with Crippen LogP contribution in [-0.2, 0) is 11.4 Å². The highest BCUT2D eigenvalue weighted by atomic mass is 16.5. The number of carbonyl (C=O) groups excluding carboxylic acids is 1. The van der Waals surface area contributed by atoms with Crippen molar-refractivity contribution in [2.45, 2.75) is 25.7 Å². The number of hydrogen-bond donors (Lipinski definition) is 4. The van der Waals surface area contributed by atoms with Crippen molar-refractivity contribution in [3.63, 3.8) is 0 Å². The normalized spacial score (nSPS) is 12.9. The van der Waals surface area contributed by atoms with Crippen LogP contribution in [0.1, 0.15) is 22.8 Å². The summed E-state index contributed by atoms with van der Waals surface area (Å²) in [6, 6.07) is 7.86. The molecular formula is C16H18N4O5. The summed E-state index contributed by atoms with van der Waals surface area (Å²) < 4.78 is 5.40. The molecule has 2 rings (SSSR count). The smallest absolute Gasteiger partial charge is 0.328 e. The molecule has 0 radical (unpaired) electrons. The van der Waals surface area contributed by atoms with Crippen LogP contribution in [0.5, 0.6) is 6.01 Å². The Morgan fingerprint density at radius 2 is 2.00 bits per heavy atom. The quantitative estimate of drug-likeness (QED) is 0.556. The zero-order valence-electron chi connectivity index (χ0n) is 13.4. The Hall–Kier alpha value is -3.20. The summed E-state index contributed by atoms with van der Waals surface area (Å²) in [5.74, 6) is -2.34. The van der Waals surface area contributed by atoms with Crippen LogP contribution in [0.4, 0.5) is 5.82 Å². The molecule has 9 nitrogen and oxygen atoms in total. The number of carboxylic acids is 1. The monoisotopic (exact) mass is 346 g/mol. The van der Waals surface area contributed by atoms with Crippen LogP contribution in [0.2, 0.25) is 0 Å². The number of benzene rings is 1. The summed E-state index contributed by atoms with van der Waals surface area (Å²) in [6.07, 6.45) is -0.143. The molecule has 1 amide bonds. The van der Waals surface area contributed by atoms with Crippen molar-refractivity contribution < 1.29 is 24.5 Å². The highest BCUT2D eigenvalue weighted by Gasteiger charge is 2.26. The van der Waals surface area contributed by atoms with Gasteiger partial charge in [0.1, 0.15) is 18.0 Å². The number of ether oxygens (including phenoxy) is 1. The van der Waals surface area contributed by atoms with Gasteiger partial charge < -0.3 is 26.0 Å². The molecule has 5 N–H and O–H groups in total. The minimum Gasteiger partial charge on any atom is -0.480 e. The Balaban J connectivity index is 2.05. The van der Waals surface area contributed by atoms with E-state index < -0.39 is 24.0 Å². The number of hydrogen-bond acceptors (Lipinski definition) is 7. The molecule has 25 heavy (non-hydrogen) atoms. The third-order valence-corrected chi connectivity index (χ3v) is 3.29. The van der Waals surface area contributed by atoms with Crippen molar-refractivity contribution >= 4 is 17.7 Å². The second-order valence-electron chi connectivity index (χ2n) is 5.26. The number of aliphatic carboxylic acids is 1. The number of carbonyl (C=O) groups is 2. The van der Waals surface area contributed by atoms with E-state index in [-0.39, 0.29) is 24.0 Å². The molecule has 0 aliphatic rings. The molecule has 9 heteroatoms. The average molecular weight is 346 g/mol. The van der Waals surface area contributed by atoms with Crippen LogP contribution in [0.25, 0.3) is 0 Å². The van der Waals surface area contributed by atoms with Crippen LogP contribution < -0.4 is 15.8 Å². The molecule has 0 saturated heterocycles. The molecule has 2 aromatic rings. The second-order valence-corrected chi connectivity index (χ2v) is 5.26. The van der Waals surface area contributed by atoms with Crippen molar-refractivity contribution in [1.29, 1.82) is 0 Å². The Kier molecular flexibility index (Phi) is 5.85. The standard InChI is InChI=1S/C16H18N4O5/c1-9(21)12(15(23)24)19-14(22)11-7-18-16(20-13(11)17)25-8-10-5-3-2-4-6-10/h2-7,9,12,21H,8H2,1H3,(H,19,22)(H,23,24)(H2,17,18,20). The minimum atomic E-state index is -1.47. The Morgan fingerprint density at radius 1 is 1.32 bits per heavy atom. The van der Waals surface area contributed by atoms with Crippen LogP contribution >= 0.6 is 0 Å². The minimum absolute atomic E-state index is 0.0109. The van der Waals surface area contributed by atoms with Crippen molar-refractivity contribution in [2.24, 2.45) is 0 Å². The number of rotatable bonds is 7. The second kappa shape index (κ2) is 8.06. The van der Waals surface area contributed by atoms with E-state index in [9.17, 15) is 14.7 Å². The number of nitrogens with two attached hydrogens (primary N) is 1. The number of aromatic nitrogens is 2. The number of nitrogens with zero attached hydrogens (tertiary/aromatic N) is 2. The van der Waals surface area contributed by atoms with Crippen LogP contribution in [0.3, 0.4) is 0 Å². The summed E-state index contributed by atoms with van der Waals surface area (Å²) in [7, 11) is 0. The third-order valence-electron chi connectivity index (χ3n) is 3.29. The van der Waals surface area contributed by atoms with E-state index in [1.165, 1.54) is 6.92 Å². The average Bonchev–Trinajstić information content (AvgIpc) is 2.58. The molecule has 0 spiro atoms. The molecular weight excluding hydrogens is 328 g/mol. The van der Waals surface area contributed by atoms with Gasteiger partial charge >= 0.3 is 12.0 Å². The number of nitrogen functional groups attached to an aromatic ring is 1. The fraction of sp³-hybridized carbons (Fsp3) is 0.250. The first-order valence-electron chi connectivity index (χ1n) is 7.39. The maximum Gasteiger partial charge on any atom is 0.328 e. The topological polar surface area (TPSA) is 148 Å². The molecule has 1 aromatic carbocycles. The third kappa shape index (κ3) is 4.88. The molecule has 2 unspecified atom stereocenters. The van der Waals surface area contributed by atoms with Gasteiger partial charge in [0.25, 0.3) is 5.91 Å². The zero-order valence-corrected chi connectivity index (χ0v) is 13.4. The molecule has 0 aliphatic carbocycles. The van der Waals surface area contributed by atoms with E-state index in [2.05, 4.69) is 15.3 Å². The fourth-order valence-corrected chi connectivity index (χ4v) is 1.95. The summed E-state index contributed by atoms with van der Waals surface area (Å²) in [5, 5.41) is 20.5. The largest absolute Gasteiger partial charge is 0.480 e. The number of amides is 1. The van der Waals surface area contributed by atoms with Gasteiger partial charge in [0, 0.05) is 6.20 Å². The van der Waals surface area contributed by atoms with Gasteiger partial charge in [0.05, 0.1) is 6.10 Å². The van der Waals surface area contributed by atoms with Gasteiger partial charge in [-0.15, -0.1) is 0 Å². The maximum absolute atomic E-state index is 12.1. The van der Waals surface area contributed by atoms with Crippen LogP contribution in [-0.4, -0.2) is 44.2 Å². The molecule has 0 aliphatic heterocycles. The first kappa shape index (κ1) is 18.1. The lowest BCUT2D eigenvalue weighted by Gasteiger charge is -2.17. The van der Waals surface area contributed by atoms with Crippen LogP contribution in [0, 0.1) is 0 Å². The SMILES string of the molecule is CC(O)C(NC(=O)c1cnc(OCc2ccccc2)nc1N)C(=O)O. The van der Waals surface area contributed by atoms with Crippen molar-refractivity contribution in [3.05, 3.63) is 47.7 Å². The summed E-state index contributed by atoms with van der Waals surface area (Å²) >= 11 is 0. The molecule has 0 saturated carbocycles. The number of carboxylic acid groups (broad SMARTS) is 1. The van der Waals surface area contributed by atoms with E-state index in [0.29, 0.717) is 0 Å². The van der Waals surface area contributed by atoms with Crippen molar-refractivity contribution in [2.75, 3.05) is 5.73 Å². The number of aliphatic hydroxyl groups is 1. The van der Waals surface area contributed by atoms with Gasteiger partial charge in [-0.3, -0.25) is 4.79 Å². The molecule has 1 aromatic heterocycles. The summed E-state index contributed by atoms with van der Waals surface area (Å²) in [4.78, 5) is 30.9. The Labute approximate surface area is 143 Å². The molecule has 0 bridgehead atoms. The summed E-state index contributed by atoms with van der Waals surface area (Å²) in [6.45, 7) is 1.48. The lowest BCUT2D eigenvalue weighted by molar-refractivity contribution is -0.141. The van der Waals surface area contributed by atoms with Crippen LogP contribution in [0.15, 0.2) is 36.5 Å².